The molecule has 0 atom stereocenters. The molecule has 8 nitrogen and oxygen atoms in total. The Labute approximate surface area is 170 Å². The van der Waals surface area contributed by atoms with Crippen LogP contribution in [0, 0.1) is 0 Å². The van der Waals surface area contributed by atoms with Crippen molar-refractivity contribution >= 4 is 39.3 Å². The van der Waals surface area contributed by atoms with Gasteiger partial charge in [0.2, 0.25) is 10.0 Å². The normalized spacial score (nSPS) is 15.9. The summed E-state index contributed by atoms with van der Waals surface area (Å²) in [5, 5.41) is 2.91. The second-order valence-corrected chi connectivity index (χ2v) is 8.46. The zero-order chi connectivity index (χ0) is 19.4. The number of sulfonamides is 1. The number of rotatable bonds is 6. The van der Waals surface area contributed by atoms with Crippen molar-refractivity contribution in [1.82, 2.24) is 14.5 Å². The molecule has 0 spiro atoms. The number of para-hydroxylation sites is 1. The number of carbonyl (C=O) groups excluding carboxylic acids is 1. The highest BCUT2D eigenvalue weighted by Crippen LogP contribution is 2.12. The van der Waals surface area contributed by atoms with E-state index in [1.807, 2.05) is 6.92 Å². The maximum atomic E-state index is 12.4. The molecule has 0 aliphatic carbocycles. The maximum Gasteiger partial charge on any atom is 0.287 e. The van der Waals surface area contributed by atoms with Gasteiger partial charge in [0.1, 0.15) is 5.58 Å². The average molecular weight is 430 g/mol. The Balaban J connectivity index is 0.00000280. The van der Waals surface area contributed by atoms with Crippen molar-refractivity contribution in [3.8, 4) is 0 Å². The van der Waals surface area contributed by atoms with Crippen LogP contribution in [-0.2, 0) is 10.0 Å². The molecule has 1 fully saturated rings. The zero-order valence-corrected chi connectivity index (χ0v) is 17.2. The van der Waals surface area contributed by atoms with E-state index >= 15 is 0 Å². The quantitative estimate of drug-likeness (QED) is 0.732. The molecule has 0 saturated carbocycles. The SMILES string of the molecule is CCN1CCN(S(=O)(=O)CCNC(=O)c2cc(=O)c3ccccc3o2)CC1.Cl. The molecule has 3 rings (SSSR count). The number of piperazine rings is 1. The summed E-state index contributed by atoms with van der Waals surface area (Å²) in [6.07, 6.45) is 0. The van der Waals surface area contributed by atoms with Crippen LogP contribution in [0.4, 0.5) is 0 Å². The summed E-state index contributed by atoms with van der Waals surface area (Å²) in [7, 11) is -3.44. The second-order valence-electron chi connectivity index (χ2n) is 6.38. The number of benzene rings is 1. The first kappa shape index (κ1) is 22.4. The van der Waals surface area contributed by atoms with E-state index in [0.29, 0.717) is 37.1 Å². The Hall–Kier alpha value is -1.94. The van der Waals surface area contributed by atoms with Gasteiger partial charge >= 0.3 is 0 Å². The number of nitrogens with one attached hydrogen (secondary N) is 1. The summed E-state index contributed by atoms with van der Waals surface area (Å²) >= 11 is 0. The highest BCUT2D eigenvalue weighted by atomic mass is 35.5. The fraction of sp³-hybridized carbons (Fsp3) is 0.444. The van der Waals surface area contributed by atoms with Gasteiger partial charge in [0.15, 0.2) is 11.2 Å². The third-order valence-corrected chi connectivity index (χ3v) is 6.55. The number of amides is 1. The Morgan fingerprint density at radius 3 is 2.54 bits per heavy atom. The number of nitrogens with zero attached hydrogens (tertiary/aromatic N) is 2. The molecule has 10 heteroatoms. The third kappa shape index (κ3) is 5.11. The first-order chi connectivity index (χ1) is 12.9. The van der Waals surface area contributed by atoms with E-state index in [2.05, 4.69) is 10.2 Å². The van der Waals surface area contributed by atoms with E-state index < -0.39 is 15.9 Å². The molecule has 1 N–H and O–H groups in total. The Kier molecular flexibility index (Phi) is 7.59. The predicted molar refractivity (Wildman–Crippen MR) is 110 cm³/mol. The lowest BCUT2D eigenvalue weighted by Crippen LogP contribution is -2.49. The molecule has 2 heterocycles. The molecule has 0 unspecified atom stereocenters. The van der Waals surface area contributed by atoms with Gasteiger partial charge in [-0.3, -0.25) is 9.59 Å². The van der Waals surface area contributed by atoms with Crippen LogP contribution in [0.3, 0.4) is 0 Å². The summed E-state index contributed by atoms with van der Waals surface area (Å²) in [5.41, 5.74) is -0.0000155. The summed E-state index contributed by atoms with van der Waals surface area (Å²) in [6.45, 7) is 5.25. The summed E-state index contributed by atoms with van der Waals surface area (Å²) in [5.74, 6) is -0.931. The summed E-state index contributed by atoms with van der Waals surface area (Å²) < 4.78 is 31.7. The van der Waals surface area contributed by atoms with E-state index in [9.17, 15) is 18.0 Å². The van der Waals surface area contributed by atoms with Gasteiger partial charge in [0, 0.05) is 38.8 Å². The first-order valence-electron chi connectivity index (χ1n) is 8.92. The molecule has 154 valence electrons. The van der Waals surface area contributed by atoms with Crippen molar-refractivity contribution < 1.29 is 17.6 Å². The van der Waals surface area contributed by atoms with Crippen LogP contribution in [0.5, 0.6) is 0 Å². The van der Waals surface area contributed by atoms with Crippen molar-refractivity contribution in [2.24, 2.45) is 0 Å². The minimum absolute atomic E-state index is 0. The van der Waals surface area contributed by atoms with Gasteiger partial charge in [-0.05, 0) is 18.7 Å². The second kappa shape index (κ2) is 9.51. The molecule has 1 aliphatic rings. The number of carbonyl (C=O) groups is 1. The van der Waals surface area contributed by atoms with E-state index in [-0.39, 0.29) is 35.9 Å². The minimum atomic E-state index is -3.44. The lowest BCUT2D eigenvalue weighted by Gasteiger charge is -2.33. The molecule has 2 aromatic rings. The monoisotopic (exact) mass is 429 g/mol. The van der Waals surface area contributed by atoms with Gasteiger partial charge in [0.05, 0.1) is 11.1 Å². The molecule has 1 aromatic heterocycles. The van der Waals surface area contributed by atoms with Gasteiger partial charge in [-0.2, -0.15) is 4.31 Å². The van der Waals surface area contributed by atoms with Crippen molar-refractivity contribution in [3.63, 3.8) is 0 Å². The van der Waals surface area contributed by atoms with Crippen molar-refractivity contribution in [2.75, 3.05) is 45.0 Å². The minimum Gasteiger partial charge on any atom is -0.451 e. The number of fused-ring (bicyclic) bond motifs is 1. The third-order valence-electron chi connectivity index (χ3n) is 4.68. The van der Waals surface area contributed by atoms with Gasteiger partial charge < -0.3 is 14.6 Å². The summed E-state index contributed by atoms with van der Waals surface area (Å²) in [4.78, 5) is 26.5. The van der Waals surface area contributed by atoms with E-state index in [0.717, 1.165) is 12.6 Å². The number of hydrogen-bond donors (Lipinski definition) is 1. The van der Waals surface area contributed by atoms with Crippen LogP contribution in [0.2, 0.25) is 0 Å². The molecule has 0 radical (unpaired) electrons. The largest absolute Gasteiger partial charge is 0.451 e. The fourth-order valence-electron chi connectivity index (χ4n) is 3.05. The number of likely N-dealkylation sites (N-methyl/N-ethyl adjacent to an activating group) is 1. The molecule has 1 amide bonds. The molecule has 28 heavy (non-hydrogen) atoms. The smallest absolute Gasteiger partial charge is 0.287 e. The molecule has 1 aliphatic heterocycles. The van der Waals surface area contributed by atoms with E-state index in [1.54, 1.807) is 24.3 Å². The molecule has 1 aromatic carbocycles. The number of hydrogen-bond acceptors (Lipinski definition) is 6. The Morgan fingerprint density at radius 2 is 1.86 bits per heavy atom. The highest BCUT2D eigenvalue weighted by molar-refractivity contribution is 7.89. The lowest BCUT2D eigenvalue weighted by molar-refractivity contribution is 0.0929. The van der Waals surface area contributed by atoms with Gasteiger partial charge in [-0.1, -0.05) is 19.1 Å². The first-order valence-corrected chi connectivity index (χ1v) is 10.5. The van der Waals surface area contributed by atoms with Gasteiger partial charge in [-0.15, -0.1) is 12.4 Å². The molecular weight excluding hydrogens is 406 g/mol. The van der Waals surface area contributed by atoms with Crippen LogP contribution >= 0.6 is 12.4 Å². The van der Waals surface area contributed by atoms with E-state index in [4.69, 9.17) is 4.42 Å². The van der Waals surface area contributed by atoms with Crippen LogP contribution in [0.1, 0.15) is 17.5 Å². The van der Waals surface area contributed by atoms with Crippen LogP contribution in [0.15, 0.2) is 39.5 Å². The van der Waals surface area contributed by atoms with Crippen molar-refractivity contribution in [2.45, 2.75) is 6.92 Å². The Morgan fingerprint density at radius 1 is 1.18 bits per heavy atom. The fourth-order valence-corrected chi connectivity index (χ4v) is 4.39. The maximum absolute atomic E-state index is 12.4. The molecular formula is C18H24ClN3O5S. The average Bonchev–Trinajstić information content (AvgIpc) is 2.67. The van der Waals surface area contributed by atoms with Gasteiger partial charge in [0.25, 0.3) is 5.91 Å². The van der Waals surface area contributed by atoms with Gasteiger partial charge in [-0.25, -0.2) is 8.42 Å². The van der Waals surface area contributed by atoms with Crippen molar-refractivity contribution in [3.05, 3.63) is 46.3 Å². The predicted octanol–water partition coefficient (Wildman–Crippen LogP) is 0.912. The van der Waals surface area contributed by atoms with E-state index in [1.165, 1.54) is 4.31 Å². The Bertz CT molecular complexity index is 984. The van der Waals surface area contributed by atoms with Crippen LogP contribution in [0.25, 0.3) is 11.0 Å². The van der Waals surface area contributed by atoms with Crippen LogP contribution < -0.4 is 10.7 Å². The zero-order valence-electron chi connectivity index (χ0n) is 15.6. The lowest BCUT2D eigenvalue weighted by atomic mass is 10.2. The number of halogens is 1. The van der Waals surface area contributed by atoms with Crippen LogP contribution in [-0.4, -0.2) is 68.6 Å². The highest BCUT2D eigenvalue weighted by Gasteiger charge is 2.26. The van der Waals surface area contributed by atoms with Crippen molar-refractivity contribution in [1.29, 1.82) is 0 Å². The summed E-state index contributed by atoms with van der Waals surface area (Å²) in [6, 6.07) is 7.76. The molecule has 0 bridgehead atoms. The standard InChI is InChI=1S/C18H23N3O5S.ClH/c1-2-20-8-10-21(11-9-20)27(24,25)12-7-19-18(23)17-13-15(22)14-5-3-4-6-16(14)26-17;/h3-6,13H,2,7-12H2,1H3,(H,19,23);1H. The topological polar surface area (TPSA) is 99.9 Å². The molecule has 1 saturated heterocycles.